The smallest absolute Gasteiger partial charge is 0.198 e. The molecule has 1 aromatic carbocycles. The number of likely N-dealkylation sites (tertiary alicyclic amines) is 1. The molecule has 0 aliphatic carbocycles. The summed E-state index contributed by atoms with van der Waals surface area (Å²) < 4.78 is 5.76. The summed E-state index contributed by atoms with van der Waals surface area (Å²) in [6.07, 6.45) is 2.42. The Morgan fingerprint density at radius 2 is 2.10 bits per heavy atom. The van der Waals surface area contributed by atoms with Gasteiger partial charge in [-0.05, 0) is 37.6 Å². The van der Waals surface area contributed by atoms with Gasteiger partial charge in [0.2, 0.25) is 0 Å². The molecule has 0 saturated carbocycles. The lowest BCUT2D eigenvalue weighted by Crippen LogP contribution is -2.38. The third kappa shape index (κ3) is 3.21. The van der Waals surface area contributed by atoms with Crippen LogP contribution in [0.15, 0.2) is 22.6 Å². The zero-order valence-corrected chi connectivity index (χ0v) is 13.2. The molecule has 0 bridgehead atoms. The lowest BCUT2D eigenvalue weighted by molar-refractivity contribution is 0.229. The van der Waals surface area contributed by atoms with E-state index in [2.05, 4.69) is 48.1 Å². The van der Waals surface area contributed by atoms with Crippen LogP contribution >= 0.6 is 0 Å². The van der Waals surface area contributed by atoms with Gasteiger partial charge in [0.25, 0.3) is 0 Å². The Morgan fingerprint density at radius 3 is 2.76 bits per heavy atom. The molecule has 1 N–H and O–H groups in total. The van der Waals surface area contributed by atoms with Gasteiger partial charge in [0.15, 0.2) is 11.5 Å². The van der Waals surface area contributed by atoms with Gasteiger partial charge in [0, 0.05) is 30.7 Å². The molecule has 1 saturated heterocycles. The van der Waals surface area contributed by atoms with Crippen molar-refractivity contribution in [1.82, 2.24) is 9.88 Å². The number of benzene rings is 1. The molecule has 2 aromatic rings. The number of piperidine rings is 1. The lowest BCUT2D eigenvalue weighted by Gasteiger charge is -2.32. The predicted octanol–water partition coefficient (Wildman–Crippen LogP) is 3.85. The molecule has 4 heteroatoms. The topological polar surface area (TPSA) is 41.3 Å². The number of nitrogens with zero attached hydrogens (tertiary/aromatic N) is 2. The molecule has 0 radical (unpaired) electrons. The van der Waals surface area contributed by atoms with Gasteiger partial charge in [-0.1, -0.05) is 20.8 Å². The minimum Gasteiger partial charge on any atom is -0.440 e. The molecule has 2 heterocycles. The van der Waals surface area contributed by atoms with Crippen molar-refractivity contribution in [1.29, 1.82) is 0 Å². The second kappa shape index (κ2) is 6.06. The standard InChI is InChI=1S/C17H25N3O/c1-4-20-9-7-13(8-10-20)18-14-5-6-16-15(11-14)19-17(21-16)12(2)3/h5-6,11-13,18H,4,7-10H2,1-3H3. The van der Waals surface area contributed by atoms with Crippen LogP contribution in [-0.4, -0.2) is 35.6 Å². The first-order chi connectivity index (χ1) is 10.2. The summed E-state index contributed by atoms with van der Waals surface area (Å²) in [5.74, 6) is 1.14. The van der Waals surface area contributed by atoms with Crippen LogP contribution in [0.2, 0.25) is 0 Å². The van der Waals surface area contributed by atoms with E-state index in [1.807, 2.05) is 6.07 Å². The average Bonchev–Trinajstić information content (AvgIpc) is 2.91. The molecule has 1 aliphatic rings. The van der Waals surface area contributed by atoms with Crippen LogP contribution < -0.4 is 5.32 Å². The quantitative estimate of drug-likeness (QED) is 0.927. The number of fused-ring (bicyclic) bond motifs is 1. The van der Waals surface area contributed by atoms with Gasteiger partial charge < -0.3 is 14.6 Å². The van der Waals surface area contributed by atoms with Crippen LogP contribution in [0.1, 0.15) is 45.4 Å². The van der Waals surface area contributed by atoms with Gasteiger partial charge in [-0.25, -0.2) is 4.98 Å². The highest BCUT2D eigenvalue weighted by atomic mass is 16.3. The van der Waals surface area contributed by atoms with Gasteiger partial charge in [0.1, 0.15) is 5.52 Å². The highest BCUT2D eigenvalue weighted by Gasteiger charge is 2.18. The summed E-state index contributed by atoms with van der Waals surface area (Å²) in [7, 11) is 0. The Balaban J connectivity index is 1.70. The first-order valence-electron chi connectivity index (χ1n) is 8.05. The summed E-state index contributed by atoms with van der Waals surface area (Å²) in [4.78, 5) is 7.08. The van der Waals surface area contributed by atoms with Crippen molar-refractivity contribution in [2.24, 2.45) is 0 Å². The first kappa shape index (κ1) is 14.4. The summed E-state index contributed by atoms with van der Waals surface area (Å²) in [5.41, 5.74) is 2.99. The Bertz CT molecular complexity index is 597. The largest absolute Gasteiger partial charge is 0.440 e. The molecule has 0 unspecified atom stereocenters. The van der Waals surface area contributed by atoms with E-state index >= 15 is 0 Å². The monoisotopic (exact) mass is 287 g/mol. The highest BCUT2D eigenvalue weighted by Crippen LogP contribution is 2.25. The van der Waals surface area contributed by atoms with Crippen molar-refractivity contribution in [2.45, 2.75) is 45.6 Å². The molecule has 1 aromatic heterocycles. The fourth-order valence-corrected chi connectivity index (χ4v) is 2.91. The molecular formula is C17H25N3O. The number of hydrogen-bond donors (Lipinski definition) is 1. The number of oxazole rings is 1. The van der Waals surface area contributed by atoms with E-state index in [0.29, 0.717) is 12.0 Å². The second-order valence-corrected chi connectivity index (χ2v) is 6.24. The van der Waals surface area contributed by atoms with E-state index in [1.165, 1.54) is 25.9 Å². The van der Waals surface area contributed by atoms with Crippen molar-refractivity contribution in [3.8, 4) is 0 Å². The third-order valence-electron chi connectivity index (χ3n) is 4.30. The van der Waals surface area contributed by atoms with Crippen molar-refractivity contribution in [3.63, 3.8) is 0 Å². The maximum absolute atomic E-state index is 5.76. The SMILES string of the molecule is CCN1CCC(Nc2ccc3oc(C(C)C)nc3c2)CC1. The van der Waals surface area contributed by atoms with E-state index in [-0.39, 0.29) is 0 Å². The fourth-order valence-electron chi connectivity index (χ4n) is 2.91. The van der Waals surface area contributed by atoms with Crippen LogP contribution in [-0.2, 0) is 0 Å². The van der Waals surface area contributed by atoms with Gasteiger partial charge in [0.05, 0.1) is 0 Å². The van der Waals surface area contributed by atoms with Crippen molar-refractivity contribution in [3.05, 3.63) is 24.1 Å². The molecule has 0 amide bonds. The Morgan fingerprint density at radius 1 is 1.33 bits per heavy atom. The van der Waals surface area contributed by atoms with Crippen LogP contribution in [0, 0.1) is 0 Å². The molecule has 21 heavy (non-hydrogen) atoms. The highest BCUT2D eigenvalue weighted by molar-refractivity contribution is 5.77. The Labute approximate surface area is 126 Å². The van der Waals surface area contributed by atoms with Crippen molar-refractivity contribution < 1.29 is 4.42 Å². The summed E-state index contributed by atoms with van der Waals surface area (Å²) in [6, 6.07) is 6.81. The van der Waals surface area contributed by atoms with Crippen LogP contribution in [0.25, 0.3) is 11.1 Å². The van der Waals surface area contributed by atoms with Crippen LogP contribution in [0.5, 0.6) is 0 Å². The molecule has 4 nitrogen and oxygen atoms in total. The van der Waals surface area contributed by atoms with Gasteiger partial charge >= 0.3 is 0 Å². The summed E-state index contributed by atoms with van der Waals surface area (Å²) >= 11 is 0. The molecule has 1 aliphatic heterocycles. The van der Waals surface area contributed by atoms with Crippen LogP contribution in [0.4, 0.5) is 5.69 Å². The number of hydrogen-bond acceptors (Lipinski definition) is 4. The van der Waals surface area contributed by atoms with Crippen molar-refractivity contribution >= 4 is 16.8 Å². The lowest BCUT2D eigenvalue weighted by atomic mass is 10.0. The van der Waals surface area contributed by atoms with E-state index in [1.54, 1.807) is 0 Å². The van der Waals surface area contributed by atoms with E-state index < -0.39 is 0 Å². The maximum atomic E-state index is 5.76. The second-order valence-electron chi connectivity index (χ2n) is 6.24. The number of rotatable bonds is 4. The molecule has 1 fully saturated rings. The average molecular weight is 287 g/mol. The zero-order valence-electron chi connectivity index (χ0n) is 13.2. The third-order valence-corrected chi connectivity index (χ3v) is 4.30. The van der Waals surface area contributed by atoms with Gasteiger partial charge in [-0.2, -0.15) is 0 Å². The predicted molar refractivity (Wildman–Crippen MR) is 86.9 cm³/mol. The fraction of sp³-hybridized carbons (Fsp3) is 0.588. The molecule has 0 atom stereocenters. The normalized spacial score (nSPS) is 17.7. The molecule has 3 rings (SSSR count). The molecule has 0 spiro atoms. The minimum atomic E-state index is 0.326. The molecular weight excluding hydrogens is 262 g/mol. The van der Waals surface area contributed by atoms with E-state index in [9.17, 15) is 0 Å². The Hall–Kier alpha value is -1.55. The minimum absolute atomic E-state index is 0.326. The Kier molecular flexibility index (Phi) is 4.15. The first-order valence-corrected chi connectivity index (χ1v) is 8.05. The summed E-state index contributed by atoms with van der Waals surface area (Å²) in [6.45, 7) is 9.99. The maximum Gasteiger partial charge on any atom is 0.198 e. The van der Waals surface area contributed by atoms with Gasteiger partial charge in [-0.15, -0.1) is 0 Å². The number of aromatic nitrogens is 1. The van der Waals surface area contributed by atoms with E-state index in [4.69, 9.17) is 4.42 Å². The van der Waals surface area contributed by atoms with E-state index in [0.717, 1.165) is 29.2 Å². The summed E-state index contributed by atoms with van der Waals surface area (Å²) in [5, 5.41) is 3.65. The zero-order chi connectivity index (χ0) is 14.8. The van der Waals surface area contributed by atoms with Crippen molar-refractivity contribution in [2.75, 3.05) is 25.0 Å². The van der Waals surface area contributed by atoms with Gasteiger partial charge in [-0.3, -0.25) is 0 Å². The van der Waals surface area contributed by atoms with Crippen LogP contribution in [0.3, 0.4) is 0 Å². The molecule has 114 valence electrons. The number of anilines is 1. The number of nitrogens with one attached hydrogen (secondary N) is 1.